The van der Waals surface area contributed by atoms with Crippen molar-refractivity contribution in [2.24, 2.45) is 5.92 Å². The number of aromatic nitrogens is 2. The maximum absolute atomic E-state index is 13.5. The summed E-state index contributed by atoms with van der Waals surface area (Å²) in [6.45, 7) is 0. The molecule has 0 bridgehead atoms. The Labute approximate surface area is 199 Å². The minimum absolute atomic E-state index is 0.00145. The SMILES string of the molecule is CS(=O)(=O)c1cccc(-c2n[nH]c3ccc(NC(=O)C(c4ccccc4)C4CCCC4)cc23)c1. The largest absolute Gasteiger partial charge is 0.326 e. The fourth-order valence-electron chi connectivity index (χ4n) is 4.99. The van der Waals surface area contributed by atoms with E-state index in [1.807, 2.05) is 54.6 Å². The summed E-state index contributed by atoms with van der Waals surface area (Å²) in [5, 5.41) is 11.4. The second-order valence-corrected chi connectivity index (χ2v) is 11.1. The third-order valence-electron chi connectivity index (χ3n) is 6.68. The number of amides is 1. The molecule has 1 aliphatic carbocycles. The fraction of sp³-hybridized carbons (Fsp3) is 0.259. The van der Waals surface area contributed by atoms with Gasteiger partial charge in [0.2, 0.25) is 5.91 Å². The Morgan fingerprint density at radius 2 is 1.76 bits per heavy atom. The molecule has 4 aromatic rings. The molecule has 1 aromatic heterocycles. The number of rotatable bonds is 6. The van der Waals surface area contributed by atoms with Crippen molar-refractivity contribution in [3.8, 4) is 11.3 Å². The van der Waals surface area contributed by atoms with E-state index in [1.54, 1.807) is 18.2 Å². The van der Waals surface area contributed by atoms with Crippen LogP contribution in [0.1, 0.15) is 37.2 Å². The summed E-state index contributed by atoms with van der Waals surface area (Å²) in [7, 11) is -3.33. The van der Waals surface area contributed by atoms with Crippen molar-refractivity contribution in [3.05, 3.63) is 78.4 Å². The van der Waals surface area contributed by atoms with E-state index >= 15 is 0 Å². The number of nitrogens with one attached hydrogen (secondary N) is 2. The molecule has 1 atom stereocenters. The normalized spacial score (nSPS) is 15.4. The smallest absolute Gasteiger partial charge is 0.232 e. The molecule has 6 nitrogen and oxygen atoms in total. The van der Waals surface area contributed by atoms with Gasteiger partial charge in [-0.2, -0.15) is 5.10 Å². The van der Waals surface area contributed by atoms with Crippen molar-refractivity contribution in [1.29, 1.82) is 0 Å². The molecule has 0 saturated heterocycles. The Kier molecular flexibility index (Phi) is 5.96. The number of fused-ring (bicyclic) bond motifs is 1. The number of nitrogens with zero attached hydrogens (tertiary/aromatic N) is 1. The molecule has 1 saturated carbocycles. The molecule has 0 aliphatic heterocycles. The predicted octanol–water partition coefficient (Wildman–Crippen LogP) is 5.55. The first kappa shape index (κ1) is 22.3. The highest BCUT2D eigenvalue weighted by atomic mass is 32.2. The highest BCUT2D eigenvalue weighted by Crippen LogP contribution is 2.38. The van der Waals surface area contributed by atoms with Crippen LogP contribution in [0.2, 0.25) is 0 Å². The van der Waals surface area contributed by atoms with E-state index in [2.05, 4.69) is 15.5 Å². The van der Waals surface area contributed by atoms with Crippen LogP contribution in [0.5, 0.6) is 0 Å². The number of anilines is 1. The van der Waals surface area contributed by atoms with Crippen LogP contribution in [0.15, 0.2) is 77.7 Å². The van der Waals surface area contributed by atoms with Gasteiger partial charge in [0.25, 0.3) is 0 Å². The van der Waals surface area contributed by atoms with Crippen molar-refractivity contribution < 1.29 is 13.2 Å². The Bertz CT molecular complexity index is 1440. The first-order valence-electron chi connectivity index (χ1n) is 11.5. The third-order valence-corrected chi connectivity index (χ3v) is 7.79. The average molecular weight is 474 g/mol. The van der Waals surface area contributed by atoms with E-state index in [4.69, 9.17) is 0 Å². The maximum Gasteiger partial charge on any atom is 0.232 e. The van der Waals surface area contributed by atoms with Crippen LogP contribution in [-0.2, 0) is 14.6 Å². The Morgan fingerprint density at radius 3 is 2.50 bits per heavy atom. The summed E-state index contributed by atoms with van der Waals surface area (Å²) in [6.07, 6.45) is 5.65. The molecular weight excluding hydrogens is 446 g/mol. The number of benzene rings is 3. The maximum atomic E-state index is 13.5. The lowest BCUT2D eigenvalue weighted by atomic mass is 9.84. The summed E-state index contributed by atoms with van der Waals surface area (Å²) in [6, 6.07) is 22.4. The zero-order chi connectivity index (χ0) is 23.7. The molecule has 34 heavy (non-hydrogen) atoms. The number of aromatic amines is 1. The summed E-state index contributed by atoms with van der Waals surface area (Å²) in [5.74, 6) is 0.158. The average Bonchev–Trinajstić information content (AvgIpc) is 3.50. The van der Waals surface area contributed by atoms with Gasteiger partial charge in [0.05, 0.1) is 16.3 Å². The van der Waals surface area contributed by atoms with E-state index in [0.29, 0.717) is 22.9 Å². The van der Waals surface area contributed by atoms with Crippen LogP contribution in [0.3, 0.4) is 0 Å². The van der Waals surface area contributed by atoms with Crippen LogP contribution in [0.25, 0.3) is 22.2 Å². The fourth-order valence-corrected chi connectivity index (χ4v) is 5.66. The van der Waals surface area contributed by atoms with E-state index in [-0.39, 0.29) is 16.7 Å². The molecular formula is C27H27N3O3S. The molecule has 0 spiro atoms. The Hall–Kier alpha value is -3.45. The number of hydrogen-bond acceptors (Lipinski definition) is 4. The van der Waals surface area contributed by atoms with Gasteiger partial charge in [0.15, 0.2) is 9.84 Å². The van der Waals surface area contributed by atoms with Crippen LogP contribution in [0.4, 0.5) is 5.69 Å². The standard InChI is InChI=1S/C27H27N3O3S/c1-34(32,33)22-13-7-12-20(16-22)26-23-17-21(14-15-24(23)29-30-26)28-27(31)25(19-10-5-6-11-19)18-8-3-2-4-9-18/h2-4,7-9,12-17,19,25H,5-6,10-11H2,1H3,(H,28,31)(H,29,30). The van der Waals surface area contributed by atoms with Gasteiger partial charge in [-0.3, -0.25) is 9.89 Å². The van der Waals surface area contributed by atoms with E-state index in [0.717, 1.165) is 42.1 Å². The topological polar surface area (TPSA) is 91.9 Å². The van der Waals surface area contributed by atoms with Crippen molar-refractivity contribution in [2.45, 2.75) is 36.5 Å². The van der Waals surface area contributed by atoms with Crippen molar-refractivity contribution >= 4 is 32.3 Å². The van der Waals surface area contributed by atoms with E-state index in [1.165, 1.54) is 6.26 Å². The molecule has 5 rings (SSSR count). The van der Waals surface area contributed by atoms with Crippen molar-refractivity contribution in [3.63, 3.8) is 0 Å². The van der Waals surface area contributed by atoms with Crippen LogP contribution >= 0.6 is 0 Å². The van der Waals surface area contributed by atoms with Gasteiger partial charge in [-0.05, 0) is 54.7 Å². The highest BCUT2D eigenvalue weighted by molar-refractivity contribution is 7.90. The quantitative estimate of drug-likeness (QED) is 0.384. The lowest BCUT2D eigenvalue weighted by Gasteiger charge is -2.23. The van der Waals surface area contributed by atoms with Gasteiger partial charge in [0.1, 0.15) is 5.69 Å². The van der Waals surface area contributed by atoms with Gasteiger partial charge in [0, 0.05) is 22.9 Å². The number of carbonyl (C=O) groups excluding carboxylic acids is 1. The van der Waals surface area contributed by atoms with Gasteiger partial charge in [-0.1, -0.05) is 55.3 Å². The molecule has 3 aromatic carbocycles. The van der Waals surface area contributed by atoms with Gasteiger partial charge in [-0.25, -0.2) is 8.42 Å². The van der Waals surface area contributed by atoms with Crippen LogP contribution in [0, 0.1) is 5.92 Å². The van der Waals surface area contributed by atoms with Crippen LogP contribution < -0.4 is 5.32 Å². The molecule has 1 heterocycles. The number of sulfone groups is 1. The van der Waals surface area contributed by atoms with Crippen molar-refractivity contribution in [1.82, 2.24) is 10.2 Å². The molecule has 1 amide bonds. The number of carbonyl (C=O) groups is 1. The predicted molar refractivity (Wildman–Crippen MR) is 134 cm³/mol. The summed E-state index contributed by atoms with van der Waals surface area (Å²) >= 11 is 0. The molecule has 1 unspecified atom stereocenters. The first-order valence-corrected chi connectivity index (χ1v) is 13.4. The number of hydrogen-bond donors (Lipinski definition) is 2. The monoisotopic (exact) mass is 473 g/mol. The minimum Gasteiger partial charge on any atom is -0.326 e. The van der Waals surface area contributed by atoms with Crippen molar-refractivity contribution in [2.75, 3.05) is 11.6 Å². The second kappa shape index (κ2) is 9.06. The molecule has 174 valence electrons. The highest BCUT2D eigenvalue weighted by Gasteiger charge is 2.32. The number of H-pyrrole nitrogens is 1. The van der Waals surface area contributed by atoms with Gasteiger partial charge < -0.3 is 5.32 Å². The van der Waals surface area contributed by atoms with Gasteiger partial charge >= 0.3 is 0 Å². The third kappa shape index (κ3) is 4.48. The molecule has 2 N–H and O–H groups in total. The Morgan fingerprint density at radius 1 is 1.00 bits per heavy atom. The summed E-state index contributed by atoms with van der Waals surface area (Å²) in [5.41, 5.74) is 3.90. The van der Waals surface area contributed by atoms with E-state index in [9.17, 15) is 13.2 Å². The van der Waals surface area contributed by atoms with E-state index < -0.39 is 9.84 Å². The lowest BCUT2D eigenvalue weighted by Crippen LogP contribution is -2.26. The molecule has 1 aliphatic rings. The molecule has 0 radical (unpaired) electrons. The zero-order valence-electron chi connectivity index (χ0n) is 19.0. The zero-order valence-corrected chi connectivity index (χ0v) is 19.8. The molecule has 7 heteroatoms. The summed E-state index contributed by atoms with van der Waals surface area (Å²) < 4.78 is 24.0. The minimum atomic E-state index is -3.33. The summed E-state index contributed by atoms with van der Waals surface area (Å²) in [4.78, 5) is 13.7. The second-order valence-electron chi connectivity index (χ2n) is 9.05. The first-order chi connectivity index (χ1) is 16.4. The molecule has 1 fully saturated rings. The Balaban J connectivity index is 1.47. The van der Waals surface area contributed by atoms with Crippen LogP contribution in [-0.4, -0.2) is 30.8 Å². The van der Waals surface area contributed by atoms with Gasteiger partial charge in [-0.15, -0.1) is 0 Å². The lowest BCUT2D eigenvalue weighted by molar-refractivity contribution is -0.118.